The number of likely N-dealkylation sites (N-methyl/N-ethyl adjacent to an activating group) is 1. The maximum atomic E-state index is 12.9. The summed E-state index contributed by atoms with van der Waals surface area (Å²) in [6.45, 7) is 4.38. The number of phosphoric acid groups is 1. The van der Waals surface area contributed by atoms with Crippen molar-refractivity contribution in [3.8, 4) is 0 Å². The van der Waals surface area contributed by atoms with Gasteiger partial charge < -0.3 is 18.9 Å². The van der Waals surface area contributed by atoms with Crippen LogP contribution in [0.1, 0.15) is 335 Å². The Morgan fingerprint density at radius 3 is 1.06 bits per heavy atom. The van der Waals surface area contributed by atoms with Crippen LogP contribution in [0.25, 0.3) is 0 Å². The molecule has 2 unspecified atom stereocenters. The van der Waals surface area contributed by atoms with Gasteiger partial charge in [-0.3, -0.25) is 18.6 Å². The van der Waals surface area contributed by atoms with E-state index < -0.39 is 26.5 Å². The fourth-order valence-electron chi connectivity index (χ4n) is 10.1. The quantitative estimate of drug-likeness (QED) is 0.0211. The van der Waals surface area contributed by atoms with Gasteiger partial charge in [-0.2, -0.15) is 0 Å². The van der Waals surface area contributed by atoms with Gasteiger partial charge in [0.1, 0.15) is 19.8 Å². The van der Waals surface area contributed by atoms with Gasteiger partial charge >= 0.3 is 19.8 Å². The Morgan fingerprint density at radius 1 is 0.400 bits per heavy atom. The predicted octanol–water partition coefficient (Wildman–Crippen LogP) is 22.1. The van der Waals surface area contributed by atoms with Crippen molar-refractivity contribution in [3.05, 3.63) is 48.6 Å². The first-order chi connectivity index (χ1) is 39.0. The molecule has 0 radical (unpaired) electrons. The van der Waals surface area contributed by atoms with Crippen molar-refractivity contribution in [2.45, 2.75) is 341 Å². The number of hydrogen-bond donors (Lipinski definition) is 1. The topological polar surface area (TPSA) is 108 Å². The zero-order valence-electron chi connectivity index (χ0n) is 53.6. The first-order valence-electron chi connectivity index (χ1n) is 34.4. The standard InChI is InChI=1S/C70H132NO8P/c1-6-8-10-12-14-16-18-20-22-24-25-26-27-28-29-30-31-32-33-34-35-36-37-38-39-40-41-42-43-44-45-47-49-51-53-55-57-59-61-63-70(73)79-68(67-78-80(74,75)77-65-64-71(3,4)5)66-76-69(72)62-60-58-56-54-52-50-48-46-23-21-19-17-15-13-11-9-7-2/h8,10,14,16,20,22,25-26,68H,6-7,9,11-13,15,17-19,21,23-24,27-67H2,1-5H3/p+1/b10-8-,16-14-,22-20-,26-25-. The Balaban J connectivity index is 3.89. The fraction of sp³-hybridized carbons (Fsp3) is 0.857. The number of quaternary nitrogens is 1. The van der Waals surface area contributed by atoms with E-state index in [4.69, 9.17) is 18.5 Å². The van der Waals surface area contributed by atoms with Crippen molar-refractivity contribution in [2.75, 3.05) is 47.5 Å². The molecule has 0 aromatic carbocycles. The lowest BCUT2D eigenvalue weighted by atomic mass is 10.0. The Bertz CT molecular complexity index is 1490. The van der Waals surface area contributed by atoms with E-state index >= 15 is 0 Å². The van der Waals surface area contributed by atoms with E-state index in [1.807, 2.05) is 21.1 Å². The van der Waals surface area contributed by atoms with E-state index in [0.29, 0.717) is 23.9 Å². The molecule has 0 aromatic heterocycles. The highest BCUT2D eigenvalue weighted by molar-refractivity contribution is 7.47. The van der Waals surface area contributed by atoms with Crippen LogP contribution in [0.2, 0.25) is 0 Å². The Morgan fingerprint density at radius 2 is 0.713 bits per heavy atom. The Kier molecular flexibility index (Phi) is 60.0. The minimum atomic E-state index is -4.38. The molecular weight excluding hydrogens is 1010 g/mol. The van der Waals surface area contributed by atoms with Crippen molar-refractivity contribution in [1.82, 2.24) is 0 Å². The molecule has 0 aliphatic heterocycles. The number of carbonyl (C=O) groups excluding carboxylic acids is 2. The fourth-order valence-corrected chi connectivity index (χ4v) is 10.9. The third kappa shape index (κ3) is 65.1. The highest BCUT2D eigenvalue weighted by atomic mass is 31.2. The Labute approximate surface area is 496 Å². The minimum Gasteiger partial charge on any atom is -0.462 e. The molecule has 0 amide bonds. The molecule has 0 rings (SSSR count). The van der Waals surface area contributed by atoms with Crippen LogP contribution >= 0.6 is 7.82 Å². The molecule has 470 valence electrons. The molecule has 0 aliphatic rings. The molecule has 0 saturated heterocycles. The van der Waals surface area contributed by atoms with Crippen LogP contribution < -0.4 is 0 Å². The third-order valence-electron chi connectivity index (χ3n) is 15.4. The van der Waals surface area contributed by atoms with Crippen LogP contribution in [0.4, 0.5) is 0 Å². The summed E-state index contributed by atoms with van der Waals surface area (Å²) >= 11 is 0. The van der Waals surface area contributed by atoms with Crippen molar-refractivity contribution in [3.63, 3.8) is 0 Å². The van der Waals surface area contributed by atoms with E-state index in [2.05, 4.69) is 62.5 Å². The van der Waals surface area contributed by atoms with E-state index in [-0.39, 0.29) is 25.6 Å². The third-order valence-corrected chi connectivity index (χ3v) is 16.4. The second-order valence-corrected chi connectivity index (χ2v) is 26.0. The van der Waals surface area contributed by atoms with Crippen molar-refractivity contribution in [1.29, 1.82) is 0 Å². The molecule has 9 nitrogen and oxygen atoms in total. The van der Waals surface area contributed by atoms with Gasteiger partial charge in [0.15, 0.2) is 6.10 Å². The van der Waals surface area contributed by atoms with Crippen LogP contribution in [0.15, 0.2) is 48.6 Å². The number of allylic oxidation sites excluding steroid dienone is 8. The smallest absolute Gasteiger partial charge is 0.462 e. The number of esters is 2. The van der Waals surface area contributed by atoms with Crippen molar-refractivity contribution >= 4 is 19.8 Å². The van der Waals surface area contributed by atoms with E-state index in [9.17, 15) is 19.0 Å². The molecular formula is C70H133NO8P+. The number of carbonyl (C=O) groups is 2. The van der Waals surface area contributed by atoms with Crippen molar-refractivity contribution in [2.24, 2.45) is 0 Å². The van der Waals surface area contributed by atoms with E-state index in [1.54, 1.807) is 0 Å². The summed E-state index contributed by atoms with van der Waals surface area (Å²) < 4.78 is 34.7. The van der Waals surface area contributed by atoms with Gasteiger partial charge in [0.2, 0.25) is 0 Å². The highest BCUT2D eigenvalue weighted by Gasteiger charge is 2.27. The molecule has 0 fully saturated rings. The van der Waals surface area contributed by atoms with Crippen LogP contribution in [-0.4, -0.2) is 74.9 Å². The predicted molar refractivity (Wildman–Crippen MR) is 344 cm³/mol. The molecule has 10 heteroatoms. The number of nitrogens with zero attached hydrogens (tertiary/aromatic N) is 1. The van der Waals surface area contributed by atoms with Gasteiger partial charge in [0, 0.05) is 12.8 Å². The number of hydrogen-bond acceptors (Lipinski definition) is 7. The normalized spacial score (nSPS) is 13.4. The van der Waals surface area contributed by atoms with Gasteiger partial charge in [-0.1, -0.05) is 319 Å². The van der Waals surface area contributed by atoms with Crippen LogP contribution in [0.5, 0.6) is 0 Å². The summed E-state index contributed by atoms with van der Waals surface area (Å²) in [6, 6.07) is 0. The largest absolute Gasteiger partial charge is 0.472 e. The monoisotopic (exact) mass is 1150 g/mol. The van der Waals surface area contributed by atoms with Gasteiger partial charge in [0.05, 0.1) is 27.7 Å². The number of rotatable bonds is 64. The molecule has 0 heterocycles. The number of ether oxygens (including phenoxy) is 2. The van der Waals surface area contributed by atoms with Gasteiger partial charge in [-0.25, -0.2) is 4.57 Å². The van der Waals surface area contributed by atoms with Crippen molar-refractivity contribution < 1.29 is 42.1 Å². The van der Waals surface area contributed by atoms with E-state index in [1.165, 1.54) is 244 Å². The van der Waals surface area contributed by atoms with Gasteiger partial charge in [-0.15, -0.1) is 0 Å². The lowest BCUT2D eigenvalue weighted by Crippen LogP contribution is -2.37. The summed E-state index contributed by atoms with van der Waals surface area (Å²) in [5.74, 6) is -0.776. The SMILES string of the molecule is CC/C=C\C/C=C\C/C=C\C/C=C\CCCCCCCCCCCCCCCCCCCCCCCCCCCCC(=O)OC(COC(=O)CCCCCCCCCCCCCCCCCCC)COP(=O)(O)OCC[N+](C)(C)C. The maximum Gasteiger partial charge on any atom is 0.472 e. The molecule has 0 spiro atoms. The lowest BCUT2D eigenvalue weighted by molar-refractivity contribution is -0.870. The van der Waals surface area contributed by atoms with Crippen LogP contribution in [0.3, 0.4) is 0 Å². The number of unbranched alkanes of at least 4 members (excludes halogenated alkanes) is 42. The summed E-state index contributed by atoms with van der Waals surface area (Å²) in [6.07, 6.45) is 79.4. The molecule has 1 N–H and O–H groups in total. The minimum absolute atomic E-state index is 0.0353. The highest BCUT2D eigenvalue weighted by Crippen LogP contribution is 2.43. The summed E-state index contributed by atoms with van der Waals surface area (Å²) in [5.41, 5.74) is 0. The Hall–Kier alpha value is -2.03. The molecule has 0 bridgehead atoms. The van der Waals surface area contributed by atoms with Crippen LogP contribution in [0, 0.1) is 0 Å². The summed E-state index contributed by atoms with van der Waals surface area (Å²) in [4.78, 5) is 35.8. The second kappa shape index (κ2) is 61.5. The molecule has 0 saturated carbocycles. The molecule has 80 heavy (non-hydrogen) atoms. The van der Waals surface area contributed by atoms with Gasteiger partial charge in [0.25, 0.3) is 0 Å². The lowest BCUT2D eigenvalue weighted by Gasteiger charge is -2.24. The first kappa shape index (κ1) is 78.0. The first-order valence-corrected chi connectivity index (χ1v) is 35.9. The maximum absolute atomic E-state index is 12.9. The second-order valence-electron chi connectivity index (χ2n) is 24.5. The zero-order valence-corrected chi connectivity index (χ0v) is 54.5. The molecule has 0 aromatic rings. The average Bonchev–Trinajstić information content (AvgIpc) is 3.42. The average molecular weight is 1150 g/mol. The molecule has 0 aliphatic carbocycles. The zero-order chi connectivity index (χ0) is 58.4. The van der Waals surface area contributed by atoms with Gasteiger partial charge in [-0.05, 0) is 51.4 Å². The van der Waals surface area contributed by atoms with Crippen LogP contribution in [-0.2, 0) is 32.7 Å². The molecule has 2 atom stereocenters. The van der Waals surface area contributed by atoms with E-state index in [0.717, 1.165) is 57.8 Å². The number of phosphoric ester groups is 1. The summed E-state index contributed by atoms with van der Waals surface area (Å²) in [5, 5.41) is 0. The summed E-state index contributed by atoms with van der Waals surface area (Å²) in [7, 11) is 1.50.